The molecule has 24 heavy (non-hydrogen) atoms. The zero-order valence-electron chi connectivity index (χ0n) is 14.1. The molecule has 3 N–H and O–H groups in total. The van der Waals surface area contributed by atoms with E-state index in [2.05, 4.69) is 10.2 Å². The van der Waals surface area contributed by atoms with Crippen molar-refractivity contribution in [3.8, 4) is 0 Å². The van der Waals surface area contributed by atoms with Crippen molar-refractivity contribution in [2.75, 3.05) is 26.4 Å². The van der Waals surface area contributed by atoms with E-state index in [0.717, 1.165) is 16.8 Å². The predicted octanol–water partition coefficient (Wildman–Crippen LogP) is 3.27. The Kier molecular flexibility index (Phi) is 6.64. The molecular formula is C19H24ClN3O. The number of halogens is 1. The largest absolute Gasteiger partial charge is 0.399 e. The molecule has 2 aromatic rings. The minimum Gasteiger partial charge on any atom is -0.399 e. The van der Waals surface area contributed by atoms with Gasteiger partial charge < -0.3 is 16.0 Å². The topological polar surface area (TPSA) is 58.4 Å². The second-order valence-corrected chi connectivity index (χ2v) is 6.41. The maximum absolute atomic E-state index is 12.2. The molecule has 1 amide bonds. The number of hydrogen-bond acceptors (Lipinski definition) is 3. The van der Waals surface area contributed by atoms with Gasteiger partial charge in [-0.25, -0.2) is 0 Å². The van der Waals surface area contributed by atoms with Crippen molar-refractivity contribution in [1.29, 1.82) is 0 Å². The minimum absolute atomic E-state index is 0.0113. The quantitative estimate of drug-likeness (QED) is 0.757. The summed E-state index contributed by atoms with van der Waals surface area (Å²) in [4.78, 5) is 14.2. The van der Waals surface area contributed by atoms with Gasteiger partial charge in [-0.2, -0.15) is 0 Å². The average molecular weight is 346 g/mol. The van der Waals surface area contributed by atoms with Crippen molar-refractivity contribution in [2.24, 2.45) is 0 Å². The number of rotatable bonds is 7. The Labute approximate surface area is 148 Å². The zero-order valence-corrected chi connectivity index (χ0v) is 14.9. The fourth-order valence-corrected chi connectivity index (χ4v) is 2.89. The van der Waals surface area contributed by atoms with Crippen LogP contribution in [0.25, 0.3) is 0 Å². The van der Waals surface area contributed by atoms with Crippen LogP contribution in [0.15, 0.2) is 48.5 Å². The molecule has 2 rings (SSSR count). The summed E-state index contributed by atoms with van der Waals surface area (Å²) in [5.41, 5.74) is 8.65. The number of nitrogen functional groups attached to an aromatic ring is 1. The zero-order chi connectivity index (χ0) is 17.5. The van der Waals surface area contributed by atoms with Gasteiger partial charge in [0.1, 0.15) is 0 Å². The third kappa shape index (κ3) is 4.98. The highest BCUT2D eigenvalue weighted by molar-refractivity contribution is 6.31. The molecule has 0 spiro atoms. The molecule has 0 saturated heterocycles. The maximum Gasteiger partial charge on any atom is 0.220 e. The van der Waals surface area contributed by atoms with Gasteiger partial charge in [0.15, 0.2) is 0 Å². The van der Waals surface area contributed by atoms with Crippen LogP contribution in [0.2, 0.25) is 5.02 Å². The lowest BCUT2D eigenvalue weighted by molar-refractivity contribution is -0.121. The summed E-state index contributed by atoms with van der Waals surface area (Å²) in [7, 11) is 3.95. The molecular weight excluding hydrogens is 322 g/mol. The number of nitrogens with one attached hydrogen (secondary N) is 1. The van der Waals surface area contributed by atoms with Crippen LogP contribution in [0.1, 0.15) is 23.6 Å². The molecule has 5 heteroatoms. The standard InChI is InChI=1S/C19H24ClN3O/c1-23(2)18(15-8-4-5-9-16(15)20)13-22-19(24)12-11-14-7-3-6-10-17(14)21/h3-10,18H,11-13,21H2,1-2H3,(H,22,24). The Morgan fingerprint density at radius 1 is 1.17 bits per heavy atom. The summed E-state index contributed by atoms with van der Waals surface area (Å²) in [5, 5.41) is 3.71. The smallest absolute Gasteiger partial charge is 0.220 e. The van der Waals surface area contributed by atoms with Gasteiger partial charge in [-0.15, -0.1) is 0 Å². The van der Waals surface area contributed by atoms with Crippen molar-refractivity contribution in [2.45, 2.75) is 18.9 Å². The summed E-state index contributed by atoms with van der Waals surface area (Å²) < 4.78 is 0. The van der Waals surface area contributed by atoms with E-state index in [1.54, 1.807) is 0 Å². The Morgan fingerprint density at radius 3 is 2.50 bits per heavy atom. The molecule has 0 aromatic heterocycles. The normalized spacial score (nSPS) is 12.2. The molecule has 0 bridgehead atoms. The highest BCUT2D eigenvalue weighted by Crippen LogP contribution is 2.25. The average Bonchev–Trinajstić information content (AvgIpc) is 2.55. The highest BCUT2D eigenvalue weighted by atomic mass is 35.5. The first-order valence-electron chi connectivity index (χ1n) is 8.00. The number of nitrogens with zero attached hydrogens (tertiary/aromatic N) is 1. The van der Waals surface area contributed by atoms with Crippen LogP contribution in [0.3, 0.4) is 0 Å². The van der Waals surface area contributed by atoms with Gasteiger partial charge in [-0.05, 0) is 43.8 Å². The molecule has 0 fully saturated rings. The van der Waals surface area contributed by atoms with Crippen LogP contribution in [0, 0.1) is 0 Å². The maximum atomic E-state index is 12.2. The lowest BCUT2D eigenvalue weighted by Gasteiger charge is -2.26. The Hall–Kier alpha value is -2.04. The van der Waals surface area contributed by atoms with E-state index in [9.17, 15) is 4.79 Å². The van der Waals surface area contributed by atoms with Crippen LogP contribution in [0.4, 0.5) is 5.69 Å². The Balaban J connectivity index is 1.91. The van der Waals surface area contributed by atoms with E-state index >= 15 is 0 Å². The third-order valence-electron chi connectivity index (χ3n) is 4.06. The Morgan fingerprint density at radius 2 is 1.83 bits per heavy atom. The van der Waals surface area contributed by atoms with Gasteiger partial charge in [0, 0.05) is 23.7 Å². The van der Waals surface area contributed by atoms with Crippen LogP contribution < -0.4 is 11.1 Å². The number of amides is 1. The van der Waals surface area contributed by atoms with Gasteiger partial charge in [0.25, 0.3) is 0 Å². The van der Waals surface area contributed by atoms with E-state index in [1.165, 1.54) is 0 Å². The summed E-state index contributed by atoms with van der Waals surface area (Å²) in [6.45, 7) is 0.514. The summed E-state index contributed by atoms with van der Waals surface area (Å²) in [5.74, 6) is 0.0113. The Bertz CT molecular complexity index is 688. The molecule has 4 nitrogen and oxygen atoms in total. The van der Waals surface area contributed by atoms with E-state index in [-0.39, 0.29) is 11.9 Å². The summed E-state index contributed by atoms with van der Waals surface area (Å²) in [6.07, 6.45) is 1.05. The number of carbonyl (C=O) groups excluding carboxylic acids is 1. The van der Waals surface area contributed by atoms with Crippen molar-refractivity contribution >= 4 is 23.2 Å². The SMILES string of the molecule is CN(C)C(CNC(=O)CCc1ccccc1N)c1ccccc1Cl. The summed E-state index contributed by atoms with van der Waals surface area (Å²) in [6, 6.07) is 15.4. The van der Waals surface area contributed by atoms with Crippen LogP contribution in [0.5, 0.6) is 0 Å². The van der Waals surface area contributed by atoms with Crippen LogP contribution in [-0.4, -0.2) is 31.4 Å². The fraction of sp³-hybridized carbons (Fsp3) is 0.316. The molecule has 128 valence electrons. The number of anilines is 1. The number of nitrogens with two attached hydrogens (primary N) is 1. The van der Waals surface area contributed by atoms with Gasteiger partial charge in [-0.3, -0.25) is 4.79 Å². The van der Waals surface area contributed by atoms with Gasteiger partial charge in [0.05, 0.1) is 6.04 Å². The number of hydrogen-bond donors (Lipinski definition) is 2. The molecule has 1 unspecified atom stereocenters. The minimum atomic E-state index is 0.0113. The monoisotopic (exact) mass is 345 g/mol. The molecule has 0 saturated carbocycles. The van der Waals surface area contributed by atoms with E-state index < -0.39 is 0 Å². The molecule has 1 atom stereocenters. The van der Waals surface area contributed by atoms with Gasteiger partial charge >= 0.3 is 0 Å². The molecule has 0 heterocycles. The molecule has 2 aromatic carbocycles. The molecule has 0 aliphatic heterocycles. The van der Waals surface area contributed by atoms with Gasteiger partial charge in [0.2, 0.25) is 5.91 Å². The first-order chi connectivity index (χ1) is 11.5. The molecule has 0 aliphatic carbocycles. The van der Waals surface area contributed by atoms with Crippen molar-refractivity contribution in [3.05, 3.63) is 64.7 Å². The van der Waals surface area contributed by atoms with E-state index in [4.69, 9.17) is 17.3 Å². The van der Waals surface area contributed by atoms with E-state index in [0.29, 0.717) is 24.4 Å². The lowest BCUT2D eigenvalue weighted by Crippen LogP contribution is -2.34. The number of carbonyl (C=O) groups is 1. The first kappa shape index (κ1) is 18.3. The number of para-hydroxylation sites is 1. The molecule has 0 radical (unpaired) electrons. The number of aryl methyl sites for hydroxylation is 1. The summed E-state index contributed by atoms with van der Waals surface area (Å²) >= 11 is 6.28. The number of benzene rings is 2. The van der Waals surface area contributed by atoms with Crippen molar-refractivity contribution < 1.29 is 4.79 Å². The van der Waals surface area contributed by atoms with Crippen molar-refractivity contribution in [1.82, 2.24) is 10.2 Å². The fourth-order valence-electron chi connectivity index (χ4n) is 2.63. The highest BCUT2D eigenvalue weighted by Gasteiger charge is 2.17. The van der Waals surface area contributed by atoms with Gasteiger partial charge in [-0.1, -0.05) is 48.0 Å². The predicted molar refractivity (Wildman–Crippen MR) is 100 cm³/mol. The molecule has 0 aliphatic rings. The van der Waals surface area contributed by atoms with Crippen molar-refractivity contribution in [3.63, 3.8) is 0 Å². The number of likely N-dealkylation sites (N-methyl/N-ethyl adjacent to an activating group) is 1. The lowest BCUT2D eigenvalue weighted by atomic mass is 10.1. The second-order valence-electron chi connectivity index (χ2n) is 6.00. The second kappa shape index (κ2) is 8.71. The van der Waals surface area contributed by atoms with Crippen LogP contribution >= 0.6 is 11.6 Å². The van der Waals surface area contributed by atoms with E-state index in [1.807, 2.05) is 62.6 Å². The third-order valence-corrected chi connectivity index (χ3v) is 4.40. The first-order valence-corrected chi connectivity index (χ1v) is 8.37. The van der Waals surface area contributed by atoms with Crippen LogP contribution in [-0.2, 0) is 11.2 Å².